The number of aromatic nitrogens is 3. The zero-order valence-electron chi connectivity index (χ0n) is 20.5. The molecule has 2 aliphatic heterocycles. The van der Waals surface area contributed by atoms with Crippen molar-refractivity contribution in [3.8, 4) is 0 Å². The van der Waals surface area contributed by atoms with Crippen molar-refractivity contribution in [3.05, 3.63) is 35.8 Å². The Morgan fingerprint density at radius 1 is 1.16 bits per heavy atom. The van der Waals surface area contributed by atoms with Crippen molar-refractivity contribution in [2.45, 2.75) is 76.9 Å². The third kappa shape index (κ3) is 7.10. The Morgan fingerprint density at radius 2 is 1.86 bits per heavy atom. The zero-order valence-corrected chi connectivity index (χ0v) is 20.5. The molecule has 3 aliphatic rings. The van der Waals surface area contributed by atoms with E-state index in [0.29, 0.717) is 19.0 Å². The summed E-state index contributed by atoms with van der Waals surface area (Å²) < 4.78 is 45.3. The van der Waals surface area contributed by atoms with E-state index < -0.39 is 12.1 Å². The third-order valence-corrected chi connectivity index (χ3v) is 7.22. The second-order valence-corrected chi connectivity index (χ2v) is 9.99. The second kappa shape index (κ2) is 11.6. The van der Waals surface area contributed by atoms with E-state index in [9.17, 15) is 18.0 Å². The number of rotatable bonds is 4. The lowest BCUT2D eigenvalue weighted by molar-refractivity contribution is -0.192. The fourth-order valence-electron chi connectivity index (χ4n) is 5.12. The van der Waals surface area contributed by atoms with Crippen molar-refractivity contribution >= 4 is 11.9 Å². The molecule has 2 aromatic rings. The molecule has 0 unspecified atom stereocenters. The molecule has 2 N–H and O–H groups in total. The van der Waals surface area contributed by atoms with Gasteiger partial charge in [0.1, 0.15) is 12.4 Å². The maximum absolute atomic E-state index is 13.0. The number of nitrogens with one attached hydrogen (secondary N) is 1. The van der Waals surface area contributed by atoms with Crippen LogP contribution in [0.5, 0.6) is 0 Å². The number of furan rings is 1. The highest BCUT2D eigenvalue weighted by Crippen LogP contribution is 2.37. The molecule has 37 heavy (non-hydrogen) atoms. The third-order valence-electron chi connectivity index (χ3n) is 7.22. The molecule has 2 fully saturated rings. The molecule has 1 spiro atoms. The van der Waals surface area contributed by atoms with Crippen molar-refractivity contribution in [3.63, 3.8) is 0 Å². The molecule has 0 bridgehead atoms. The molecule has 1 aliphatic carbocycles. The van der Waals surface area contributed by atoms with Gasteiger partial charge in [0, 0.05) is 18.0 Å². The number of hydrogen-bond donors (Lipinski definition) is 2. The molecule has 0 aromatic carbocycles. The minimum atomic E-state index is -5.08. The molecule has 4 heterocycles. The molecule has 10 nitrogen and oxygen atoms in total. The van der Waals surface area contributed by atoms with Gasteiger partial charge in [0.05, 0.1) is 19.4 Å². The van der Waals surface area contributed by atoms with E-state index in [1.807, 2.05) is 16.7 Å². The van der Waals surface area contributed by atoms with E-state index in [-0.39, 0.29) is 17.4 Å². The number of carbonyl (C=O) groups excluding carboxylic acids is 1. The van der Waals surface area contributed by atoms with Gasteiger partial charge in [0.25, 0.3) is 5.91 Å². The minimum absolute atomic E-state index is 0.0210. The molecule has 204 valence electrons. The van der Waals surface area contributed by atoms with Crippen LogP contribution in [0.25, 0.3) is 0 Å². The van der Waals surface area contributed by atoms with Gasteiger partial charge in [-0.1, -0.05) is 19.3 Å². The monoisotopic (exact) mass is 527 g/mol. The zero-order chi connectivity index (χ0) is 26.5. The number of likely N-dealkylation sites (tertiary alicyclic amines) is 1. The Labute approximate surface area is 212 Å². The maximum atomic E-state index is 13.0. The number of halogens is 3. The van der Waals surface area contributed by atoms with E-state index in [0.717, 1.165) is 63.4 Å². The Balaban J connectivity index is 0.000000405. The maximum Gasteiger partial charge on any atom is 0.490 e. The summed E-state index contributed by atoms with van der Waals surface area (Å²) in [6.07, 6.45) is 4.46. The first kappa shape index (κ1) is 27.1. The lowest BCUT2D eigenvalue weighted by Crippen LogP contribution is -2.44. The fourth-order valence-corrected chi connectivity index (χ4v) is 5.12. The van der Waals surface area contributed by atoms with Crippen LogP contribution >= 0.6 is 0 Å². The highest BCUT2D eigenvalue weighted by Gasteiger charge is 2.40. The summed E-state index contributed by atoms with van der Waals surface area (Å²) >= 11 is 0. The number of carboxylic acids is 1. The van der Waals surface area contributed by atoms with Gasteiger partial charge in [-0.3, -0.25) is 9.69 Å². The molecular weight excluding hydrogens is 495 g/mol. The lowest BCUT2D eigenvalue weighted by atomic mass is 9.79. The van der Waals surface area contributed by atoms with Crippen LogP contribution in [0.2, 0.25) is 0 Å². The molecule has 0 atom stereocenters. The SMILES string of the molecule is O=C(NC1CCCCC1)c1nnc2n1CC1(CCN(Cc3ccco3)CC1)COC2.O=C(O)C(F)(F)F. The highest BCUT2D eigenvalue weighted by molar-refractivity contribution is 5.90. The molecule has 1 saturated heterocycles. The highest BCUT2D eigenvalue weighted by atomic mass is 19.4. The number of ether oxygens (including phenoxy) is 1. The molecule has 13 heteroatoms. The van der Waals surface area contributed by atoms with Gasteiger partial charge >= 0.3 is 12.1 Å². The van der Waals surface area contributed by atoms with E-state index in [1.54, 1.807) is 6.26 Å². The molecular formula is C24H32F3N5O5. The molecule has 2 aromatic heterocycles. The summed E-state index contributed by atoms with van der Waals surface area (Å²) in [5.41, 5.74) is 0.0210. The van der Waals surface area contributed by atoms with Gasteiger partial charge in [-0.25, -0.2) is 4.79 Å². The first-order valence-electron chi connectivity index (χ1n) is 12.5. The molecule has 5 rings (SSSR count). The largest absolute Gasteiger partial charge is 0.490 e. The number of nitrogens with zero attached hydrogens (tertiary/aromatic N) is 4. The summed E-state index contributed by atoms with van der Waals surface area (Å²) in [6, 6.07) is 4.23. The van der Waals surface area contributed by atoms with Crippen molar-refractivity contribution in [1.29, 1.82) is 0 Å². The van der Waals surface area contributed by atoms with Crippen LogP contribution < -0.4 is 5.32 Å². The number of carboxylic acid groups (broad SMARTS) is 1. The smallest absolute Gasteiger partial charge is 0.475 e. The number of carbonyl (C=O) groups is 2. The summed E-state index contributed by atoms with van der Waals surface area (Å²) in [5.74, 6) is -0.636. The number of alkyl halides is 3. The molecule has 1 amide bonds. The normalized spacial score (nSPS) is 20.4. The van der Waals surface area contributed by atoms with Gasteiger partial charge in [0.2, 0.25) is 5.82 Å². The second-order valence-electron chi connectivity index (χ2n) is 9.99. The predicted molar refractivity (Wildman–Crippen MR) is 123 cm³/mol. The standard InChI is InChI=1S/C22H31N5O3.C2HF3O2/c28-21(23-17-5-2-1-3-6-17)20-25-24-19-14-29-16-22(15-27(19)20)8-10-26(11-9-22)13-18-7-4-12-30-18;3-2(4,5)1(6)7/h4,7,12,17H,1-3,5-6,8-11,13-16H2,(H,23,28);(H,6,7). The Bertz CT molecular complexity index is 1040. The summed E-state index contributed by atoms with van der Waals surface area (Å²) in [4.78, 5) is 24.3. The lowest BCUT2D eigenvalue weighted by Gasteiger charge is -2.40. The fraction of sp³-hybridized carbons (Fsp3) is 0.667. The van der Waals surface area contributed by atoms with E-state index in [1.165, 1.54) is 19.3 Å². The number of fused-ring (bicyclic) bond motifs is 1. The predicted octanol–water partition coefficient (Wildman–Crippen LogP) is 3.38. The molecule has 0 radical (unpaired) electrons. The quantitative estimate of drug-likeness (QED) is 0.621. The van der Waals surface area contributed by atoms with Crippen molar-refractivity contribution < 1.29 is 37.0 Å². The number of hydrogen-bond acceptors (Lipinski definition) is 7. The first-order chi connectivity index (χ1) is 17.7. The average molecular weight is 528 g/mol. The number of amides is 1. The minimum Gasteiger partial charge on any atom is -0.475 e. The van der Waals surface area contributed by atoms with Gasteiger partial charge < -0.3 is 24.1 Å². The number of piperidine rings is 1. The number of aliphatic carboxylic acids is 1. The van der Waals surface area contributed by atoms with E-state index in [2.05, 4.69) is 20.4 Å². The Morgan fingerprint density at radius 3 is 2.49 bits per heavy atom. The summed E-state index contributed by atoms with van der Waals surface area (Å²) in [7, 11) is 0. The van der Waals surface area contributed by atoms with Crippen LogP contribution in [0.4, 0.5) is 13.2 Å². The van der Waals surface area contributed by atoms with E-state index in [4.69, 9.17) is 19.1 Å². The molecule has 1 saturated carbocycles. The van der Waals surface area contributed by atoms with E-state index >= 15 is 0 Å². The van der Waals surface area contributed by atoms with Crippen LogP contribution in [-0.4, -0.2) is 68.6 Å². The van der Waals surface area contributed by atoms with Gasteiger partial charge in [0.15, 0.2) is 5.82 Å². The Kier molecular flexibility index (Phi) is 8.53. The van der Waals surface area contributed by atoms with Crippen LogP contribution in [0.15, 0.2) is 22.8 Å². The summed E-state index contributed by atoms with van der Waals surface area (Å²) in [6.45, 7) is 4.70. The van der Waals surface area contributed by atoms with Crippen LogP contribution in [0.1, 0.15) is 67.1 Å². The Hall–Kier alpha value is -2.93. The summed E-state index contributed by atoms with van der Waals surface area (Å²) in [5, 5.41) is 18.8. The van der Waals surface area contributed by atoms with Gasteiger partial charge in [-0.2, -0.15) is 13.2 Å². The van der Waals surface area contributed by atoms with Crippen molar-refractivity contribution in [1.82, 2.24) is 25.0 Å². The van der Waals surface area contributed by atoms with Gasteiger partial charge in [-0.15, -0.1) is 10.2 Å². The van der Waals surface area contributed by atoms with Crippen LogP contribution in [-0.2, 0) is 29.2 Å². The van der Waals surface area contributed by atoms with Crippen LogP contribution in [0, 0.1) is 5.41 Å². The van der Waals surface area contributed by atoms with Crippen molar-refractivity contribution in [2.24, 2.45) is 5.41 Å². The topological polar surface area (TPSA) is 123 Å². The first-order valence-corrected chi connectivity index (χ1v) is 12.5. The van der Waals surface area contributed by atoms with Crippen LogP contribution in [0.3, 0.4) is 0 Å². The average Bonchev–Trinajstić information content (AvgIpc) is 3.48. The van der Waals surface area contributed by atoms with Gasteiger partial charge in [-0.05, 0) is 50.9 Å². The van der Waals surface area contributed by atoms with Crippen molar-refractivity contribution in [2.75, 3.05) is 19.7 Å².